The van der Waals surface area contributed by atoms with E-state index in [0.717, 1.165) is 19.3 Å². The summed E-state index contributed by atoms with van der Waals surface area (Å²) in [6.07, 6.45) is 6.36. The maximum Gasteiger partial charge on any atom is 0.239 e. The molecule has 5 nitrogen and oxygen atoms in total. The number of hydrogen-bond acceptors (Lipinski definition) is 4. The van der Waals surface area contributed by atoms with Crippen LogP contribution in [0.25, 0.3) is 0 Å². The molecule has 4 bridgehead atoms. The molecule has 6 heteroatoms. The normalized spacial score (nSPS) is 39.0. The van der Waals surface area contributed by atoms with Gasteiger partial charge < -0.3 is 4.74 Å². The third-order valence-corrected chi connectivity index (χ3v) is 6.52. The molecule has 1 amide bonds. The Morgan fingerprint density at radius 3 is 2.10 bits per heavy atom. The standard InChI is InChI=1S/C14H23NO4S/c1-19-2-3-20(17,18)15-13(16)14-7-10-4-11(8-14)6-12(5-10)9-14/h10-12H,2-9H2,1H3,(H,15,16). The lowest BCUT2D eigenvalue weighted by atomic mass is 9.49. The minimum atomic E-state index is -3.56. The summed E-state index contributed by atoms with van der Waals surface area (Å²) in [6, 6.07) is 0. The largest absolute Gasteiger partial charge is 0.384 e. The van der Waals surface area contributed by atoms with Crippen LogP contribution in [0.1, 0.15) is 38.5 Å². The van der Waals surface area contributed by atoms with E-state index in [9.17, 15) is 13.2 Å². The highest BCUT2D eigenvalue weighted by molar-refractivity contribution is 7.90. The second kappa shape index (κ2) is 4.98. The van der Waals surface area contributed by atoms with E-state index < -0.39 is 15.4 Å². The number of carbonyl (C=O) groups excluding carboxylic acids is 1. The fourth-order valence-corrected chi connectivity index (χ4v) is 5.87. The van der Waals surface area contributed by atoms with Crippen molar-refractivity contribution in [3.05, 3.63) is 0 Å². The first kappa shape index (κ1) is 14.3. The fourth-order valence-electron chi connectivity index (χ4n) is 4.88. The van der Waals surface area contributed by atoms with Crippen molar-refractivity contribution in [1.82, 2.24) is 4.72 Å². The zero-order valence-electron chi connectivity index (χ0n) is 11.9. The number of nitrogens with one attached hydrogen (secondary N) is 1. The zero-order chi connectivity index (χ0) is 14.4. The molecule has 0 aliphatic heterocycles. The molecule has 4 aliphatic carbocycles. The van der Waals surface area contributed by atoms with Crippen LogP contribution in [0.5, 0.6) is 0 Å². The van der Waals surface area contributed by atoms with Gasteiger partial charge in [0.15, 0.2) is 0 Å². The molecule has 4 aliphatic rings. The molecule has 0 radical (unpaired) electrons. The Morgan fingerprint density at radius 2 is 1.65 bits per heavy atom. The first-order valence-corrected chi connectivity index (χ1v) is 9.11. The summed E-state index contributed by atoms with van der Waals surface area (Å²) in [4.78, 5) is 12.5. The lowest BCUT2D eigenvalue weighted by Crippen LogP contribution is -2.54. The van der Waals surface area contributed by atoms with Gasteiger partial charge in [-0.1, -0.05) is 0 Å². The number of methoxy groups -OCH3 is 1. The summed E-state index contributed by atoms with van der Waals surface area (Å²) in [7, 11) is -2.11. The van der Waals surface area contributed by atoms with Crippen LogP contribution < -0.4 is 4.72 Å². The molecule has 0 atom stereocenters. The van der Waals surface area contributed by atoms with E-state index in [1.165, 1.54) is 26.4 Å². The quantitative estimate of drug-likeness (QED) is 0.830. The molecule has 0 spiro atoms. The van der Waals surface area contributed by atoms with E-state index >= 15 is 0 Å². The average Bonchev–Trinajstić information content (AvgIpc) is 2.34. The summed E-state index contributed by atoms with van der Waals surface area (Å²) < 4.78 is 30.8. The number of carbonyl (C=O) groups is 1. The molecular weight excluding hydrogens is 278 g/mol. The van der Waals surface area contributed by atoms with E-state index in [2.05, 4.69) is 4.72 Å². The van der Waals surface area contributed by atoms with E-state index in [4.69, 9.17) is 4.74 Å². The van der Waals surface area contributed by atoms with Crippen molar-refractivity contribution in [2.24, 2.45) is 23.2 Å². The zero-order valence-corrected chi connectivity index (χ0v) is 12.7. The van der Waals surface area contributed by atoms with Crippen LogP contribution >= 0.6 is 0 Å². The molecule has 4 saturated carbocycles. The lowest BCUT2D eigenvalue weighted by molar-refractivity contribution is -0.144. The molecule has 114 valence electrons. The Hall–Kier alpha value is -0.620. The second-order valence-electron chi connectivity index (χ2n) is 6.94. The Balaban J connectivity index is 1.71. The monoisotopic (exact) mass is 301 g/mol. The molecular formula is C14H23NO4S. The number of ether oxygens (including phenoxy) is 1. The Bertz CT molecular complexity index is 464. The Kier molecular flexibility index (Phi) is 3.57. The average molecular weight is 301 g/mol. The van der Waals surface area contributed by atoms with Crippen LogP contribution in [-0.4, -0.2) is 33.8 Å². The first-order chi connectivity index (χ1) is 9.42. The van der Waals surface area contributed by atoms with Crippen molar-refractivity contribution < 1.29 is 17.9 Å². The van der Waals surface area contributed by atoms with Gasteiger partial charge in [-0.25, -0.2) is 8.42 Å². The second-order valence-corrected chi connectivity index (χ2v) is 8.78. The lowest BCUT2D eigenvalue weighted by Gasteiger charge is -2.55. The van der Waals surface area contributed by atoms with Crippen LogP contribution in [0.2, 0.25) is 0 Å². The van der Waals surface area contributed by atoms with Gasteiger partial charge in [0.2, 0.25) is 15.9 Å². The predicted molar refractivity (Wildman–Crippen MR) is 74.4 cm³/mol. The molecule has 0 aromatic rings. The van der Waals surface area contributed by atoms with Gasteiger partial charge in [-0.3, -0.25) is 9.52 Å². The maximum absolute atomic E-state index is 12.5. The highest BCUT2D eigenvalue weighted by Crippen LogP contribution is 2.60. The summed E-state index contributed by atoms with van der Waals surface area (Å²) in [5, 5.41) is 0. The summed E-state index contributed by atoms with van der Waals surface area (Å²) >= 11 is 0. The van der Waals surface area contributed by atoms with E-state index in [1.54, 1.807) is 0 Å². The van der Waals surface area contributed by atoms with Crippen LogP contribution in [0.3, 0.4) is 0 Å². The molecule has 1 N–H and O–H groups in total. The summed E-state index contributed by atoms with van der Waals surface area (Å²) in [6.45, 7) is 0.115. The maximum atomic E-state index is 12.5. The molecule has 20 heavy (non-hydrogen) atoms. The molecule has 0 saturated heterocycles. The number of hydrogen-bond donors (Lipinski definition) is 1. The molecule has 4 rings (SSSR count). The third kappa shape index (κ3) is 2.60. The molecule has 4 fully saturated rings. The van der Waals surface area contributed by atoms with Gasteiger partial charge in [-0.2, -0.15) is 0 Å². The van der Waals surface area contributed by atoms with Crippen molar-refractivity contribution in [3.63, 3.8) is 0 Å². The highest BCUT2D eigenvalue weighted by atomic mass is 32.2. The van der Waals surface area contributed by atoms with Crippen molar-refractivity contribution in [3.8, 4) is 0 Å². The van der Waals surface area contributed by atoms with E-state index in [1.807, 2.05) is 0 Å². The molecule has 0 heterocycles. The third-order valence-electron chi connectivity index (χ3n) is 5.32. The topological polar surface area (TPSA) is 72.5 Å². The molecule has 0 aromatic carbocycles. The number of rotatable bonds is 5. The number of amides is 1. The number of sulfonamides is 1. The van der Waals surface area contributed by atoms with Crippen LogP contribution in [0.15, 0.2) is 0 Å². The van der Waals surface area contributed by atoms with Crippen molar-refractivity contribution in [2.75, 3.05) is 19.5 Å². The van der Waals surface area contributed by atoms with Crippen molar-refractivity contribution >= 4 is 15.9 Å². The van der Waals surface area contributed by atoms with Gasteiger partial charge in [-0.05, 0) is 56.3 Å². The van der Waals surface area contributed by atoms with Crippen molar-refractivity contribution in [1.29, 1.82) is 0 Å². The SMILES string of the molecule is COCCS(=O)(=O)NC(=O)C12CC3CC(CC(C3)C1)C2. The highest BCUT2D eigenvalue weighted by Gasteiger charge is 2.55. The smallest absolute Gasteiger partial charge is 0.239 e. The van der Waals surface area contributed by atoms with Gasteiger partial charge in [0, 0.05) is 7.11 Å². The fraction of sp³-hybridized carbons (Fsp3) is 0.929. The van der Waals surface area contributed by atoms with Gasteiger partial charge in [-0.15, -0.1) is 0 Å². The molecule has 0 unspecified atom stereocenters. The first-order valence-electron chi connectivity index (χ1n) is 7.46. The molecule has 0 aromatic heterocycles. The van der Waals surface area contributed by atoms with Crippen LogP contribution in [0, 0.1) is 23.2 Å². The van der Waals surface area contributed by atoms with E-state index in [-0.39, 0.29) is 18.3 Å². The summed E-state index contributed by atoms with van der Waals surface area (Å²) in [5.41, 5.74) is -0.408. The Morgan fingerprint density at radius 1 is 1.15 bits per heavy atom. The van der Waals surface area contributed by atoms with Crippen molar-refractivity contribution in [2.45, 2.75) is 38.5 Å². The minimum Gasteiger partial charge on any atom is -0.384 e. The summed E-state index contributed by atoms with van der Waals surface area (Å²) in [5.74, 6) is 1.49. The van der Waals surface area contributed by atoms with E-state index in [0.29, 0.717) is 17.8 Å². The van der Waals surface area contributed by atoms with Gasteiger partial charge in [0.05, 0.1) is 17.8 Å². The van der Waals surface area contributed by atoms with Gasteiger partial charge >= 0.3 is 0 Å². The van der Waals surface area contributed by atoms with Gasteiger partial charge in [0.1, 0.15) is 0 Å². The predicted octanol–water partition coefficient (Wildman–Crippen LogP) is 1.30. The van der Waals surface area contributed by atoms with Crippen LogP contribution in [0.4, 0.5) is 0 Å². The minimum absolute atomic E-state index is 0.115. The van der Waals surface area contributed by atoms with Gasteiger partial charge in [0.25, 0.3) is 0 Å². The van der Waals surface area contributed by atoms with Crippen LogP contribution in [-0.2, 0) is 19.6 Å². The Labute approximate surface area is 120 Å².